The fraction of sp³-hybridized carbons (Fsp3) is 1.00. The van der Waals surface area contributed by atoms with Crippen LogP contribution in [0.4, 0.5) is 0 Å². The second-order valence-corrected chi connectivity index (χ2v) is 4.67. The molecule has 0 amide bonds. The Bertz CT molecular complexity index is 132. The molecule has 0 spiro atoms. The molecule has 1 rings (SSSR count). The molecule has 1 unspecified atom stereocenters. The van der Waals surface area contributed by atoms with Crippen molar-refractivity contribution >= 4 is 0 Å². The van der Waals surface area contributed by atoms with Gasteiger partial charge in [0.05, 0.1) is 5.60 Å². The van der Waals surface area contributed by atoms with Crippen LogP contribution in [0, 0.1) is 11.8 Å². The first kappa shape index (κ1) is 10.0. The Hall–Kier alpha value is -0.0400. The molecule has 1 atom stereocenters. The molecule has 0 aromatic rings. The minimum absolute atomic E-state index is 0.403. The molecule has 0 saturated heterocycles. The molecule has 12 heavy (non-hydrogen) atoms. The minimum Gasteiger partial charge on any atom is -0.390 e. The number of aliphatic hydroxyl groups is 1. The standard InChI is InChI=1S/C11H22O/c1-4-11(3,12)10-7-5-9(2)6-8-10/h9-10,12H,4-8H2,1-3H3. The summed E-state index contributed by atoms with van der Waals surface area (Å²) in [5.41, 5.74) is -0.403. The fourth-order valence-corrected chi connectivity index (χ4v) is 2.17. The van der Waals surface area contributed by atoms with Gasteiger partial charge in [0.2, 0.25) is 0 Å². The summed E-state index contributed by atoms with van der Waals surface area (Å²) in [4.78, 5) is 0. The SMILES string of the molecule is CCC(C)(O)C1CCC(C)CC1. The van der Waals surface area contributed by atoms with Gasteiger partial charge in [-0.05, 0) is 38.0 Å². The van der Waals surface area contributed by atoms with E-state index < -0.39 is 5.60 Å². The van der Waals surface area contributed by atoms with Crippen molar-refractivity contribution in [3.63, 3.8) is 0 Å². The lowest BCUT2D eigenvalue weighted by Crippen LogP contribution is -2.36. The van der Waals surface area contributed by atoms with E-state index >= 15 is 0 Å². The van der Waals surface area contributed by atoms with Crippen molar-refractivity contribution < 1.29 is 5.11 Å². The fourth-order valence-electron chi connectivity index (χ4n) is 2.17. The summed E-state index contributed by atoms with van der Waals surface area (Å²) in [7, 11) is 0. The van der Waals surface area contributed by atoms with E-state index in [0.29, 0.717) is 5.92 Å². The average Bonchev–Trinajstić information content (AvgIpc) is 2.05. The molecule has 0 aliphatic heterocycles. The van der Waals surface area contributed by atoms with Crippen LogP contribution >= 0.6 is 0 Å². The normalized spacial score (nSPS) is 36.0. The van der Waals surface area contributed by atoms with Gasteiger partial charge >= 0.3 is 0 Å². The van der Waals surface area contributed by atoms with Gasteiger partial charge in [-0.3, -0.25) is 0 Å². The van der Waals surface area contributed by atoms with Crippen molar-refractivity contribution in [3.05, 3.63) is 0 Å². The first-order chi connectivity index (χ1) is 5.56. The minimum atomic E-state index is -0.403. The Morgan fingerprint density at radius 3 is 2.17 bits per heavy atom. The number of rotatable bonds is 2. The molecule has 72 valence electrons. The first-order valence-electron chi connectivity index (χ1n) is 5.28. The van der Waals surface area contributed by atoms with E-state index in [-0.39, 0.29) is 0 Å². The maximum atomic E-state index is 10.0. The summed E-state index contributed by atoms with van der Waals surface area (Å²) in [6.45, 7) is 6.39. The monoisotopic (exact) mass is 170 g/mol. The van der Waals surface area contributed by atoms with Crippen LogP contribution in [0.15, 0.2) is 0 Å². The van der Waals surface area contributed by atoms with Crippen LogP contribution in [-0.2, 0) is 0 Å². The predicted molar refractivity (Wildman–Crippen MR) is 52.0 cm³/mol. The highest BCUT2D eigenvalue weighted by atomic mass is 16.3. The van der Waals surface area contributed by atoms with Crippen molar-refractivity contribution in [3.8, 4) is 0 Å². The van der Waals surface area contributed by atoms with E-state index in [2.05, 4.69) is 13.8 Å². The zero-order valence-electron chi connectivity index (χ0n) is 8.64. The van der Waals surface area contributed by atoms with Crippen molar-refractivity contribution in [2.24, 2.45) is 11.8 Å². The zero-order chi connectivity index (χ0) is 9.19. The molecule has 0 aromatic carbocycles. The third-order valence-electron chi connectivity index (χ3n) is 3.61. The lowest BCUT2D eigenvalue weighted by molar-refractivity contribution is -0.0242. The second-order valence-electron chi connectivity index (χ2n) is 4.67. The highest BCUT2D eigenvalue weighted by molar-refractivity contribution is 4.84. The third-order valence-corrected chi connectivity index (χ3v) is 3.61. The summed E-state index contributed by atoms with van der Waals surface area (Å²) in [6, 6.07) is 0. The summed E-state index contributed by atoms with van der Waals surface area (Å²) in [5.74, 6) is 1.44. The molecule has 0 bridgehead atoms. The van der Waals surface area contributed by atoms with E-state index in [0.717, 1.165) is 12.3 Å². The van der Waals surface area contributed by atoms with E-state index in [9.17, 15) is 5.11 Å². The van der Waals surface area contributed by atoms with Crippen LogP contribution in [0.3, 0.4) is 0 Å². The van der Waals surface area contributed by atoms with E-state index in [4.69, 9.17) is 0 Å². The Morgan fingerprint density at radius 1 is 1.25 bits per heavy atom. The molecule has 1 N–H and O–H groups in total. The zero-order valence-corrected chi connectivity index (χ0v) is 8.64. The lowest BCUT2D eigenvalue weighted by Gasteiger charge is -2.36. The van der Waals surface area contributed by atoms with Crippen LogP contribution in [0.2, 0.25) is 0 Å². The molecule has 0 radical (unpaired) electrons. The Labute approximate surface area is 76.2 Å². The molecular formula is C11H22O. The quantitative estimate of drug-likeness (QED) is 0.675. The van der Waals surface area contributed by atoms with Gasteiger partial charge in [-0.25, -0.2) is 0 Å². The average molecular weight is 170 g/mol. The largest absolute Gasteiger partial charge is 0.390 e. The van der Waals surface area contributed by atoms with E-state index in [1.807, 2.05) is 6.92 Å². The van der Waals surface area contributed by atoms with Gasteiger partial charge in [0.15, 0.2) is 0 Å². The van der Waals surface area contributed by atoms with Crippen molar-refractivity contribution in [1.82, 2.24) is 0 Å². The molecule has 1 heteroatoms. The van der Waals surface area contributed by atoms with E-state index in [1.165, 1.54) is 25.7 Å². The molecule has 0 heterocycles. The van der Waals surface area contributed by atoms with Gasteiger partial charge in [-0.2, -0.15) is 0 Å². The van der Waals surface area contributed by atoms with Crippen LogP contribution in [0.1, 0.15) is 52.9 Å². The number of hydrogen-bond acceptors (Lipinski definition) is 1. The summed E-state index contributed by atoms with van der Waals surface area (Å²) in [5, 5.41) is 10.0. The van der Waals surface area contributed by atoms with E-state index in [1.54, 1.807) is 0 Å². The van der Waals surface area contributed by atoms with Gasteiger partial charge in [-0.15, -0.1) is 0 Å². The molecule has 0 aromatic heterocycles. The first-order valence-corrected chi connectivity index (χ1v) is 5.28. The summed E-state index contributed by atoms with van der Waals surface area (Å²) < 4.78 is 0. The maximum Gasteiger partial charge on any atom is 0.0645 e. The van der Waals surface area contributed by atoms with Gasteiger partial charge in [0.25, 0.3) is 0 Å². The lowest BCUT2D eigenvalue weighted by atomic mass is 9.74. The predicted octanol–water partition coefficient (Wildman–Crippen LogP) is 2.97. The summed E-state index contributed by atoms with van der Waals surface area (Å²) in [6.07, 6.45) is 5.96. The van der Waals surface area contributed by atoms with Crippen LogP contribution in [0.5, 0.6) is 0 Å². The van der Waals surface area contributed by atoms with Crippen LogP contribution in [-0.4, -0.2) is 10.7 Å². The van der Waals surface area contributed by atoms with Crippen LogP contribution < -0.4 is 0 Å². The van der Waals surface area contributed by atoms with Crippen LogP contribution in [0.25, 0.3) is 0 Å². The number of hydrogen-bond donors (Lipinski definition) is 1. The molecule has 1 saturated carbocycles. The van der Waals surface area contributed by atoms with Crippen molar-refractivity contribution in [2.75, 3.05) is 0 Å². The Morgan fingerprint density at radius 2 is 1.75 bits per heavy atom. The summed E-state index contributed by atoms with van der Waals surface area (Å²) >= 11 is 0. The third kappa shape index (κ3) is 2.22. The van der Waals surface area contributed by atoms with Gasteiger partial charge < -0.3 is 5.11 Å². The van der Waals surface area contributed by atoms with Crippen molar-refractivity contribution in [2.45, 2.75) is 58.5 Å². The Balaban J connectivity index is 2.44. The highest BCUT2D eigenvalue weighted by Crippen LogP contribution is 2.36. The molecule has 1 fully saturated rings. The molecule has 1 nitrogen and oxygen atoms in total. The van der Waals surface area contributed by atoms with Crippen molar-refractivity contribution in [1.29, 1.82) is 0 Å². The van der Waals surface area contributed by atoms with Gasteiger partial charge in [0, 0.05) is 0 Å². The molecular weight excluding hydrogens is 148 g/mol. The van der Waals surface area contributed by atoms with Gasteiger partial charge in [-0.1, -0.05) is 26.7 Å². The second kappa shape index (κ2) is 3.78. The maximum absolute atomic E-state index is 10.0. The highest BCUT2D eigenvalue weighted by Gasteiger charge is 2.32. The smallest absolute Gasteiger partial charge is 0.0645 e. The molecule has 1 aliphatic carbocycles. The topological polar surface area (TPSA) is 20.2 Å². The van der Waals surface area contributed by atoms with Gasteiger partial charge in [0.1, 0.15) is 0 Å². The Kier molecular flexibility index (Phi) is 3.16. The molecule has 1 aliphatic rings.